The smallest absolute Gasteiger partial charge is 0.320 e. The average molecular weight is 364 g/mol. The molecule has 0 spiro atoms. The monoisotopic (exact) mass is 363 g/mol. The van der Waals surface area contributed by atoms with E-state index in [4.69, 9.17) is 5.73 Å². The number of thiophene rings is 1. The minimum absolute atomic E-state index is 0.0278. The first kappa shape index (κ1) is 15.5. The summed E-state index contributed by atoms with van der Waals surface area (Å²) in [6.45, 7) is 3.87. The largest absolute Gasteiger partial charge is 0.417 e. The van der Waals surface area contributed by atoms with E-state index in [0.717, 1.165) is 21.4 Å². The SMILES string of the molecule is Cc1cc(C)c(C(N)c2ccc(Br)c(C(F)(F)F)c2)s1. The Morgan fingerprint density at radius 1 is 1.20 bits per heavy atom. The van der Waals surface area contributed by atoms with Crippen molar-refractivity contribution >= 4 is 27.3 Å². The van der Waals surface area contributed by atoms with Gasteiger partial charge in [0.05, 0.1) is 11.6 Å². The highest BCUT2D eigenvalue weighted by Crippen LogP contribution is 2.38. The summed E-state index contributed by atoms with van der Waals surface area (Å²) in [5, 5.41) is 0. The molecule has 2 aromatic rings. The number of benzene rings is 1. The molecule has 20 heavy (non-hydrogen) atoms. The maximum absolute atomic E-state index is 12.9. The fourth-order valence-electron chi connectivity index (χ4n) is 2.07. The minimum Gasteiger partial charge on any atom is -0.320 e. The second-order valence-electron chi connectivity index (χ2n) is 4.62. The van der Waals surface area contributed by atoms with Gasteiger partial charge in [0, 0.05) is 14.2 Å². The van der Waals surface area contributed by atoms with Crippen LogP contribution in [0.2, 0.25) is 0 Å². The van der Waals surface area contributed by atoms with E-state index < -0.39 is 17.8 Å². The van der Waals surface area contributed by atoms with Crippen LogP contribution >= 0.6 is 27.3 Å². The maximum Gasteiger partial charge on any atom is 0.417 e. The van der Waals surface area contributed by atoms with Crippen molar-refractivity contribution in [2.24, 2.45) is 5.73 Å². The number of aryl methyl sites for hydroxylation is 2. The standard InChI is InChI=1S/C14H13BrF3NS/c1-7-5-8(2)20-13(7)12(19)9-3-4-11(15)10(6-9)14(16,17)18/h3-6,12H,19H2,1-2H3. The summed E-state index contributed by atoms with van der Waals surface area (Å²) in [7, 11) is 0. The Morgan fingerprint density at radius 3 is 2.35 bits per heavy atom. The minimum atomic E-state index is -4.39. The number of halogens is 4. The number of rotatable bonds is 2. The first-order valence-electron chi connectivity index (χ1n) is 5.89. The van der Waals surface area contributed by atoms with Crippen LogP contribution in [0.4, 0.5) is 13.2 Å². The molecule has 2 N–H and O–H groups in total. The highest BCUT2D eigenvalue weighted by molar-refractivity contribution is 9.10. The van der Waals surface area contributed by atoms with Crippen molar-refractivity contribution in [2.45, 2.75) is 26.1 Å². The van der Waals surface area contributed by atoms with Crippen LogP contribution in [0.5, 0.6) is 0 Å². The van der Waals surface area contributed by atoms with Crippen molar-refractivity contribution in [3.05, 3.63) is 55.2 Å². The molecule has 0 saturated carbocycles. The van der Waals surface area contributed by atoms with Crippen LogP contribution in [0.1, 0.15) is 32.5 Å². The molecule has 1 atom stereocenters. The van der Waals surface area contributed by atoms with E-state index in [1.807, 2.05) is 19.9 Å². The Hall–Kier alpha value is -0.850. The van der Waals surface area contributed by atoms with Crippen molar-refractivity contribution in [1.29, 1.82) is 0 Å². The number of hydrogen-bond acceptors (Lipinski definition) is 2. The Balaban J connectivity index is 2.46. The van der Waals surface area contributed by atoms with Gasteiger partial charge in [-0.15, -0.1) is 11.3 Å². The van der Waals surface area contributed by atoms with E-state index in [9.17, 15) is 13.2 Å². The van der Waals surface area contributed by atoms with E-state index >= 15 is 0 Å². The molecule has 1 unspecified atom stereocenters. The molecule has 0 fully saturated rings. The predicted molar refractivity (Wildman–Crippen MR) is 79.0 cm³/mol. The van der Waals surface area contributed by atoms with Crippen molar-refractivity contribution in [2.75, 3.05) is 0 Å². The second kappa shape index (κ2) is 5.50. The average Bonchev–Trinajstić information content (AvgIpc) is 2.66. The lowest BCUT2D eigenvalue weighted by Gasteiger charge is -2.15. The Morgan fingerprint density at radius 2 is 1.85 bits per heavy atom. The van der Waals surface area contributed by atoms with Gasteiger partial charge in [-0.05, 0) is 43.2 Å². The van der Waals surface area contributed by atoms with Crippen LogP contribution in [0.3, 0.4) is 0 Å². The van der Waals surface area contributed by atoms with Crippen LogP contribution in [-0.4, -0.2) is 0 Å². The molecule has 0 saturated heterocycles. The molecule has 1 aromatic heterocycles. The zero-order valence-electron chi connectivity index (χ0n) is 10.9. The van der Waals surface area contributed by atoms with Gasteiger partial charge in [-0.2, -0.15) is 13.2 Å². The van der Waals surface area contributed by atoms with Crippen LogP contribution in [0.25, 0.3) is 0 Å². The topological polar surface area (TPSA) is 26.0 Å². The van der Waals surface area contributed by atoms with Gasteiger partial charge in [-0.3, -0.25) is 0 Å². The van der Waals surface area contributed by atoms with Gasteiger partial charge in [0.2, 0.25) is 0 Å². The zero-order chi connectivity index (χ0) is 15.1. The second-order valence-corrected chi connectivity index (χ2v) is 6.76. The molecule has 1 aromatic carbocycles. The molecule has 0 radical (unpaired) electrons. The van der Waals surface area contributed by atoms with E-state index in [2.05, 4.69) is 15.9 Å². The summed E-state index contributed by atoms with van der Waals surface area (Å²) < 4.78 is 38.8. The summed E-state index contributed by atoms with van der Waals surface area (Å²) in [6, 6.07) is 5.58. The highest BCUT2D eigenvalue weighted by Gasteiger charge is 2.33. The van der Waals surface area contributed by atoms with Gasteiger partial charge in [-0.25, -0.2) is 0 Å². The lowest BCUT2D eigenvalue weighted by Crippen LogP contribution is -2.14. The Kier molecular flexibility index (Phi) is 4.27. The van der Waals surface area contributed by atoms with E-state index in [1.165, 1.54) is 17.4 Å². The van der Waals surface area contributed by atoms with Gasteiger partial charge < -0.3 is 5.73 Å². The lowest BCUT2D eigenvalue weighted by atomic mass is 10.0. The van der Waals surface area contributed by atoms with E-state index in [-0.39, 0.29) is 4.47 Å². The fourth-order valence-corrected chi connectivity index (χ4v) is 3.61. The summed E-state index contributed by atoms with van der Waals surface area (Å²) in [6.07, 6.45) is -4.39. The van der Waals surface area contributed by atoms with Crippen molar-refractivity contribution in [3.63, 3.8) is 0 Å². The summed E-state index contributed by atoms with van der Waals surface area (Å²) in [4.78, 5) is 2.00. The quantitative estimate of drug-likeness (QED) is 0.779. The molecule has 0 bridgehead atoms. The highest BCUT2D eigenvalue weighted by atomic mass is 79.9. The third kappa shape index (κ3) is 3.07. The Bertz CT molecular complexity index is 634. The lowest BCUT2D eigenvalue weighted by molar-refractivity contribution is -0.138. The summed E-state index contributed by atoms with van der Waals surface area (Å²) in [5.74, 6) is 0. The van der Waals surface area contributed by atoms with Gasteiger partial charge in [0.15, 0.2) is 0 Å². The van der Waals surface area contributed by atoms with E-state index in [0.29, 0.717) is 5.56 Å². The van der Waals surface area contributed by atoms with Gasteiger partial charge in [0.1, 0.15) is 0 Å². The number of alkyl halides is 3. The molecule has 0 aliphatic rings. The fraction of sp³-hybridized carbons (Fsp3) is 0.286. The third-order valence-electron chi connectivity index (χ3n) is 3.02. The molecule has 108 valence electrons. The molecule has 1 heterocycles. The molecule has 6 heteroatoms. The van der Waals surface area contributed by atoms with Crippen molar-refractivity contribution < 1.29 is 13.2 Å². The normalized spacial score (nSPS) is 13.6. The van der Waals surface area contributed by atoms with Gasteiger partial charge >= 0.3 is 6.18 Å². The molecule has 2 rings (SSSR count). The van der Waals surface area contributed by atoms with Crippen LogP contribution < -0.4 is 5.73 Å². The molecule has 1 nitrogen and oxygen atoms in total. The maximum atomic E-state index is 12.9. The zero-order valence-corrected chi connectivity index (χ0v) is 13.3. The van der Waals surface area contributed by atoms with Crippen molar-refractivity contribution in [1.82, 2.24) is 0 Å². The van der Waals surface area contributed by atoms with Crippen LogP contribution in [0, 0.1) is 13.8 Å². The molecular formula is C14H13BrF3NS. The predicted octanol–water partition coefficient (Wildman–Crippen LogP) is 5.19. The van der Waals surface area contributed by atoms with Gasteiger partial charge in [0.25, 0.3) is 0 Å². The van der Waals surface area contributed by atoms with Gasteiger partial charge in [-0.1, -0.05) is 22.0 Å². The first-order valence-corrected chi connectivity index (χ1v) is 7.50. The van der Waals surface area contributed by atoms with Crippen LogP contribution in [-0.2, 0) is 6.18 Å². The van der Waals surface area contributed by atoms with Crippen molar-refractivity contribution in [3.8, 4) is 0 Å². The van der Waals surface area contributed by atoms with E-state index in [1.54, 1.807) is 6.07 Å². The molecule has 0 amide bonds. The molecule has 0 aliphatic heterocycles. The molecular weight excluding hydrogens is 351 g/mol. The molecule has 0 aliphatic carbocycles. The number of hydrogen-bond donors (Lipinski definition) is 1. The Labute approximate surface area is 127 Å². The summed E-state index contributed by atoms with van der Waals surface area (Å²) >= 11 is 4.45. The first-order chi connectivity index (χ1) is 9.20. The number of nitrogens with two attached hydrogens (primary N) is 1. The van der Waals surface area contributed by atoms with Crippen LogP contribution in [0.15, 0.2) is 28.7 Å². The third-order valence-corrected chi connectivity index (χ3v) is 4.94. The summed E-state index contributed by atoms with van der Waals surface area (Å²) in [5.41, 5.74) is 6.90.